The predicted octanol–water partition coefficient (Wildman–Crippen LogP) is 4.02. The predicted molar refractivity (Wildman–Crippen MR) is 99.5 cm³/mol. The van der Waals surface area contributed by atoms with Gasteiger partial charge in [0.1, 0.15) is 5.82 Å². The molecule has 0 unspecified atom stereocenters. The van der Waals surface area contributed by atoms with Crippen LogP contribution in [0.2, 0.25) is 0 Å². The first-order chi connectivity index (χ1) is 12.2. The molecule has 4 rings (SSSR count). The lowest BCUT2D eigenvalue weighted by Gasteiger charge is -2.08. The van der Waals surface area contributed by atoms with E-state index in [9.17, 15) is 0 Å². The number of aryl methyl sites for hydroxylation is 2. The lowest BCUT2D eigenvalue weighted by atomic mass is 10.1. The third-order valence-corrected chi connectivity index (χ3v) is 4.03. The van der Waals surface area contributed by atoms with E-state index in [2.05, 4.69) is 51.6 Å². The summed E-state index contributed by atoms with van der Waals surface area (Å²) in [7, 11) is 0. The molecule has 0 fully saturated rings. The van der Waals surface area contributed by atoms with Crippen LogP contribution >= 0.6 is 0 Å². The Kier molecular flexibility index (Phi) is 3.90. The molecule has 0 saturated heterocycles. The van der Waals surface area contributed by atoms with Crippen molar-refractivity contribution in [1.82, 2.24) is 19.6 Å². The quantitative estimate of drug-likeness (QED) is 0.614. The van der Waals surface area contributed by atoms with E-state index >= 15 is 0 Å². The fourth-order valence-electron chi connectivity index (χ4n) is 2.81. The van der Waals surface area contributed by atoms with E-state index in [1.54, 1.807) is 4.52 Å². The van der Waals surface area contributed by atoms with Gasteiger partial charge < -0.3 is 5.32 Å². The second kappa shape index (κ2) is 6.36. The number of rotatable bonds is 4. The number of nitrogens with zero attached hydrogens (tertiary/aromatic N) is 4. The van der Waals surface area contributed by atoms with Crippen molar-refractivity contribution in [3.05, 3.63) is 77.5 Å². The highest BCUT2D eigenvalue weighted by atomic mass is 15.4. The average Bonchev–Trinajstić information content (AvgIpc) is 3.04. The first-order valence-electron chi connectivity index (χ1n) is 8.28. The smallest absolute Gasteiger partial charge is 0.254 e. The monoisotopic (exact) mass is 329 g/mol. The van der Waals surface area contributed by atoms with Crippen LogP contribution in [0.25, 0.3) is 17.2 Å². The van der Waals surface area contributed by atoms with Gasteiger partial charge in [0, 0.05) is 23.9 Å². The van der Waals surface area contributed by atoms with Crippen LogP contribution in [-0.4, -0.2) is 19.6 Å². The fraction of sp³-hybridized carbons (Fsp3) is 0.150. The minimum Gasteiger partial charge on any atom is -0.366 e. The summed E-state index contributed by atoms with van der Waals surface area (Å²) >= 11 is 0. The molecule has 0 aliphatic rings. The lowest BCUT2D eigenvalue weighted by molar-refractivity contribution is 0.919. The summed E-state index contributed by atoms with van der Waals surface area (Å²) in [4.78, 5) is 9.11. The van der Waals surface area contributed by atoms with Crippen molar-refractivity contribution in [2.45, 2.75) is 20.4 Å². The summed E-state index contributed by atoms with van der Waals surface area (Å²) in [6.07, 6.45) is 0. The fourth-order valence-corrected chi connectivity index (χ4v) is 2.81. The van der Waals surface area contributed by atoms with Crippen molar-refractivity contribution in [3.8, 4) is 11.4 Å². The number of anilines is 1. The molecule has 0 bridgehead atoms. The summed E-state index contributed by atoms with van der Waals surface area (Å²) in [5.41, 5.74) is 4.30. The molecule has 2 aromatic heterocycles. The van der Waals surface area contributed by atoms with Gasteiger partial charge in [0.25, 0.3) is 5.78 Å². The second-order valence-corrected chi connectivity index (χ2v) is 6.14. The highest BCUT2D eigenvalue weighted by Crippen LogP contribution is 2.20. The number of benzene rings is 2. The normalized spacial score (nSPS) is 11.0. The van der Waals surface area contributed by atoms with Crippen molar-refractivity contribution in [1.29, 1.82) is 0 Å². The van der Waals surface area contributed by atoms with Crippen LogP contribution < -0.4 is 5.32 Å². The Hall–Kier alpha value is -3.21. The molecule has 25 heavy (non-hydrogen) atoms. The van der Waals surface area contributed by atoms with Gasteiger partial charge in [-0.15, -0.1) is 5.10 Å². The molecule has 0 radical (unpaired) electrons. The number of fused-ring (bicyclic) bond motifs is 1. The Balaban J connectivity index is 1.71. The van der Waals surface area contributed by atoms with Gasteiger partial charge in [-0.3, -0.25) is 0 Å². The number of nitrogens with one attached hydrogen (secondary N) is 1. The van der Waals surface area contributed by atoms with Crippen molar-refractivity contribution in [2.24, 2.45) is 0 Å². The van der Waals surface area contributed by atoms with Crippen molar-refractivity contribution in [2.75, 3.05) is 5.32 Å². The zero-order valence-electron chi connectivity index (χ0n) is 14.3. The van der Waals surface area contributed by atoms with Gasteiger partial charge in [-0.2, -0.15) is 9.50 Å². The molecule has 0 amide bonds. The first kappa shape index (κ1) is 15.3. The average molecular weight is 329 g/mol. The maximum absolute atomic E-state index is 4.66. The largest absolute Gasteiger partial charge is 0.366 e. The molecule has 0 atom stereocenters. The molecule has 124 valence electrons. The molecule has 0 spiro atoms. The van der Waals surface area contributed by atoms with Gasteiger partial charge in [-0.05, 0) is 25.5 Å². The van der Waals surface area contributed by atoms with E-state index < -0.39 is 0 Å². The maximum atomic E-state index is 4.66. The van der Waals surface area contributed by atoms with E-state index in [1.807, 2.05) is 43.3 Å². The van der Waals surface area contributed by atoms with Gasteiger partial charge in [0.05, 0.1) is 0 Å². The number of hydrogen-bond acceptors (Lipinski definition) is 4. The molecule has 5 heteroatoms. The summed E-state index contributed by atoms with van der Waals surface area (Å²) in [6.45, 7) is 4.75. The van der Waals surface area contributed by atoms with Crippen LogP contribution in [-0.2, 0) is 6.54 Å². The van der Waals surface area contributed by atoms with Crippen molar-refractivity contribution < 1.29 is 0 Å². The van der Waals surface area contributed by atoms with Crippen LogP contribution in [0.15, 0.2) is 60.7 Å². The molecule has 5 nitrogen and oxygen atoms in total. The molecule has 1 N–H and O–H groups in total. The number of aromatic nitrogens is 4. The molecular weight excluding hydrogens is 310 g/mol. The van der Waals surface area contributed by atoms with Crippen LogP contribution in [0.4, 0.5) is 5.82 Å². The van der Waals surface area contributed by atoms with Gasteiger partial charge in [0.15, 0.2) is 5.82 Å². The van der Waals surface area contributed by atoms with Gasteiger partial charge >= 0.3 is 0 Å². The maximum Gasteiger partial charge on any atom is 0.254 e. The zero-order valence-corrected chi connectivity index (χ0v) is 14.3. The Morgan fingerprint density at radius 2 is 1.76 bits per heavy atom. The molecule has 0 aliphatic carbocycles. The summed E-state index contributed by atoms with van der Waals surface area (Å²) in [5, 5.41) is 8.10. The zero-order chi connectivity index (χ0) is 17.2. The second-order valence-electron chi connectivity index (χ2n) is 6.14. The third kappa shape index (κ3) is 3.21. The van der Waals surface area contributed by atoms with E-state index in [0.717, 1.165) is 23.6 Å². The molecule has 2 heterocycles. The summed E-state index contributed by atoms with van der Waals surface area (Å²) in [6, 6.07) is 20.5. The van der Waals surface area contributed by atoms with Gasteiger partial charge in [0.2, 0.25) is 0 Å². The SMILES string of the molecule is Cc1cccc(-c2nc3nc(C)cc(NCc4ccccc4)n3n2)c1. The Morgan fingerprint density at radius 3 is 2.56 bits per heavy atom. The number of hydrogen-bond donors (Lipinski definition) is 1. The standard InChI is InChI=1S/C20H19N5/c1-14-7-6-10-17(11-14)19-23-20-22-15(2)12-18(25(20)24-19)21-13-16-8-4-3-5-9-16/h3-12,21H,13H2,1-2H3. The van der Waals surface area contributed by atoms with E-state index in [0.29, 0.717) is 11.6 Å². The van der Waals surface area contributed by atoms with E-state index in [4.69, 9.17) is 0 Å². The first-order valence-corrected chi connectivity index (χ1v) is 8.28. The van der Waals surface area contributed by atoms with Crippen LogP contribution in [0.5, 0.6) is 0 Å². The lowest BCUT2D eigenvalue weighted by Crippen LogP contribution is -2.06. The Labute approximate surface area is 146 Å². The Morgan fingerprint density at radius 1 is 0.920 bits per heavy atom. The highest BCUT2D eigenvalue weighted by Gasteiger charge is 2.11. The molecule has 2 aromatic carbocycles. The summed E-state index contributed by atoms with van der Waals surface area (Å²) in [5.74, 6) is 2.18. The van der Waals surface area contributed by atoms with Crippen LogP contribution in [0.1, 0.15) is 16.8 Å². The van der Waals surface area contributed by atoms with E-state index in [1.165, 1.54) is 11.1 Å². The van der Waals surface area contributed by atoms with Crippen molar-refractivity contribution in [3.63, 3.8) is 0 Å². The molecular formula is C20H19N5. The van der Waals surface area contributed by atoms with Crippen molar-refractivity contribution >= 4 is 11.6 Å². The molecule has 4 aromatic rings. The summed E-state index contributed by atoms with van der Waals surface area (Å²) < 4.78 is 1.77. The Bertz CT molecular complexity index is 1020. The van der Waals surface area contributed by atoms with Crippen LogP contribution in [0.3, 0.4) is 0 Å². The van der Waals surface area contributed by atoms with E-state index in [-0.39, 0.29) is 0 Å². The van der Waals surface area contributed by atoms with Gasteiger partial charge in [-0.1, -0.05) is 54.1 Å². The molecule has 0 aliphatic heterocycles. The minimum atomic E-state index is 0.604. The van der Waals surface area contributed by atoms with Crippen LogP contribution in [0, 0.1) is 13.8 Å². The minimum absolute atomic E-state index is 0.604. The molecule has 0 saturated carbocycles. The third-order valence-electron chi connectivity index (χ3n) is 4.03. The topological polar surface area (TPSA) is 55.1 Å². The van der Waals surface area contributed by atoms with Gasteiger partial charge in [-0.25, -0.2) is 4.98 Å². The highest BCUT2D eigenvalue weighted by molar-refractivity contribution is 5.59.